The van der Waals surface area contributed by atoms with Crippen LogP contribution in [0.5, 0.6) is 0 Å². The van der Waals surface area contributed by atoms with E-state index in [9.17, 15) is 9.90 Å². The van der Waals surface area contributed by atoms with Gasteiger partial charge >= 0.3 is 5.97 Å². The number of allylic oxidation sites excluding steroid dienone is 1. The van der Waals surface area contributed by atoms with Gasteiger partial charge in [0.15, 0.2) is 5.82 Å². The van der Waals surface area contributed by atoms with Crippen molar-refractivity contribution in [2.45, 2.75) is 71.4 Å². The number of fused-ring (bicyclic) bond motifs is 5. The zero-order valence-electron chi connectivity index (χ0n) is 16.8. The summed E-state index contributed by atoms with van der Waals surface area (Å²) in [6, 6.07) is 0. The monoisotopic (exact) mass is 379 g/mol. The fourth-order valence-electron chi connectivity index (χ4n) is 4.66. The minimum absolute atomic E-state index is 0.380. The second kappa shape index (κ2) is 7.82. The van der Waals surface area contributed by atoms with Crippen molar-refractivity contribution >= 4 is 12.0 Å². The molecular formula is C23H29N3O2. The molecule has 0 spiro atoms. The molecule has 0 saturated carbocycles. The molecule has 1 aliphatic carbocycles. The highest BCUT2D eigenvalue weighted by atomic mass is 16.4. The van der Waals surface area contributed by atoms with Crippen LogP contribution in [0.1, 0.15) is 68.7 Å². The van der Waals surface area contributed by atoms with E-state index in [1.807, 2.05) is 18.3 Å². The van der Waals surface area contributed by atoms with Crippen LogP contribution in [-0.4, -0.2) is 25.2 Å². The smallest absolute Gasteiger partial charge is 0.335 e. The van der Waals surface area contributed by atoms with Gasteiger partial charge in [0, 0.05) is 37.6 Å². The molecule has 3 heterocycles. The topological polar surface area (TPSA) is 60.0 Å². The first kappa shape index (κ1) is 18.8. The summed E-state index contributed by atoms with van der Waals surface area (Å²) in [6.07, 6.45) is 16.2. The second-order valence-corrected chi connectivity index (χ2v) is 7.97. The standard InChI is InChI=1S/C23H29N3O2/c1-3-4-5-7-16(2)20-18-10-8-17(23(27)28)9-11-19(18)26-14-6-13-25-15-12-24-22(25)21(20)26/h8-10,12,15-16H,3-7,11,13-14H2,1-2H3,(H,27,28). The number of unbranched alkanes of at least 4 members (excludes halogenated alkanes) is 2. The fourth-order valence-corrected chi connectivity index (χ4v) is 4.66. The summed E-state index contributed by atoms with van der Waals surface area (Å²) in [4.78, 5) is 16.2. The summed E-state index contributed by atoms with van der Waals surface area (Å²) in [5, 5.41) is 9.45. The van der Waals surface area contributed by atoms with Gasteiger partial charge in [-0.15, -0.1) is 0 Å². The molecule has 5 heteroatoms. The Morgan fingerprint density at radius 3 is 2.93 bits per heavy atom. The number of hydrogen-bond acceptors (Lipinski definition) is 2. The van der Waals surface area contributed by atoms with Crippen molar-refractivity contribution in [3.05, 3.63) is 46.9 Å². The maximum Gasteiger partial charge on any atom is 0.335 e. The highest BCUT2D eigenvalue weighted by Gasteiger charge is 2.29. The number of aliphatic carboxylic acids is 1. The normalized spacial score (nSPS) is 16.4. The van der Waals surface area contributed by atoms with Crippen molar-refractivity contribution in [3.63, 3.8) is 0 Å². The summed E-state index contributed by atoms with van der Waals surface area (Å²) >= 11 is 0. The lowest BCUT2D eigenvalue weighted by Crippen LogP contribution is -2.05. The minimum Gasteiger partial charge on any atom is -0.478 e. The average Bonchev–Trinajstić information content (AvgIpc) is 3.10. The van der Waals surface area contributed by atoms with Crippen molar-refractivity contribution in [3.8, 4) is 11.5 Å². The highest BCUT2D eigenvalue weighted by molar-refractivity contribution is 5.92. The van der Waals surface area contributed by atoms with Crippen molar-refractivity contribution in [2.24, 2.45) is 0 Å². The Kier molecular flexibility index (Phi) is 5.25. The number of carbonyl (C=O) groups is 1. The molecule has 0 saturated heterocycles. The van der Waals surface area contributed by atoms with Gasteiger partial charge < -0.3 is 14.2 Å². The van der Waals surface area contributed by atoms with E-state index in [2.05, 4.69) is 29.2 Å². The van der Waals surface area contributed by atoms with Gasteiger partial charge in [0.05, 0.1) is 11.3 Å². The first-order valence-electron chi connectivity index (χ1n) is 10.5. The summed E-state index contributed by atoms with van der Waals surface area (Å²) in [7, 11) is 0. The number of aromatic nitrogens is 3. The van der Waals surface area contributed by atoms with Crippen molar-refractivity contribution < 1.29 is 9.90 Å². The first-order valence-corrected chi connectivity index (χ1v) is 10.5. The molecular weight excluding hydrogens is 350 g/mol. The van der Waals surface area contributed by atoms with Crippen LogP contribution in [0.15, 0.2) is 30.1 Å². The van der Waals surface area contributed by atoms with E-state index in [1.165, 1.54) is 41.8 Å². The molecule has 2 aromatic heterocycles. The lowest BCUT2D eigenvalue weighted by molar-refractivity contribution is -0.132. The van der Waals surface area contributed by atoms with E-state index in [0.717, 1.165) is 31.8 Å². The molecule has 4 rings (SSSR count). The Labute approximate surface area is 166 Å². The summed E-state index contributed by atoms with van der Waals surface area (Å²) in [5.74, 6) is 0.611. The predicted molar refractivity (Wildman–Crippen MR) is 111 cm³/mol. The maximum atomic E-state index is 11.5. The first-order chi connectivity index (χ1) is 13.6. The Balaban J connectivity index is 1.87. The van der Waals surface area contributed by atoms with Crippen LogP contribution in [0.25, 0.3) is 17.6 Å². The molecule has 1 N–H and O–H groups in total. The Bertz CT molecular complexity index is 945. The number of nitrogens with zero attached hydrogens (tertiary/aromatic N) is 3. The Morgan fingerprint density at radius 2 is 2.14 bits per heavy atom. The van der Waals surface area contributed by atoms with Gasteiger partial charge in [-0.1, -0.05) is 45.3 Å². The SMILES string of the molecule is CCCCCC(C)c1c2c(n3c1-c1nccn1CCC3)CC=C(C(=O)O)C=C2. The highest BCUT2D eigenvalue weighted by Crippen LogP contribution is 2.41. The van der Waals surface area contributed by atoms with Crippen LogP contribution in [0.4, 0.5) is 0 Å². The van der Waals surface area contributed by atoms with Crippen LogP contribution in [0, 0.1) is 0 Å². The lowest BCUT2D eigenvalue weighted by Gasteiger charge is -2.15. The quantitative estimate of drug-likeness (QED) is 0.717. The third-order valence-corrected chi connectivity index (χ3v) is 6.09. The zero-order valence-corrected chi connectivity index (χ0v) is 16.8. The van der Waals surface area contributed by atoms with Crippen molar-refractivity contribution in [1.29, 1.82) is 0 Å². The third-order valence-electron chi connectivity index (χ3n) is 6.09. The molecule has 1 unspecified atom stereocenters. The molecule has 5 nitrogen and oxygen atoms in total. The summed E-state index contributed by atoms with van der Waals surface area (Å²) < 4.78 is 4.68. The van der Waals surface area contributed by atoms with Crippen LogP contribution >= 0.6 is 0 Å². The third kappa shape index (κ3) is 3.23. The fraction of sp³-hybridized carbons (Fsp3) is 0.478. The van der Waals surface area contributed by atoms with Crippen LogP contribution in [0.3, 0.4) is 0 Å². The molecule has 1 aliphatic heterocycles. The van der Waals surface area contributed by atoms with Crippen molar-refractivity contribution in [1.82, 2.24) is 14.1 Å². The van der Waals surface area contributed by atoms with Gasteiger partial charge in [0.1, 0.15) is 0 Å². The summed E-state index contributed by atoms with van der Waals surface area (Å²) in [6.45, 7) is 6.47. The van der Waals surface area contributed by atoms with Gasteiger partial charge in [-0.25, -0.2) is 9.78 Å². The molecule has 1 atom stereocenters. The van der Waals surface area contributed by atoms with E-state index in [-0.39, 0.29) is 0 Å². The zero-order chi connectivity index (χ0) is 19.7. The number of hydrogen-bond donors (Lipinski definition) is 1. The van der Waals surface area contributed by atoms with Crippen LogP contribution < -0.4 is 0 Å². The lowest BCUT2D eigenvalue weighted by atomic mass is 9.90. The number of carboxylic acids is 1. The average molecular weight is 380 g/mol. The van der Waals surface area contributed by atoms with E-state index in [0.29, 0.717) is 17.9 Å². The summed E-state index contributed by atoms with van der Waals surface area (Å²) in [5.41, 5.74) is 5.41. The second-order valence-electron chi connectivity index (χ2n) is 7.97. The molecule has 0 amide bonds. The minimum atomic E-state index is -0.856. The maximum absolute atomic E-state index is 11.5. The van der Waals surface area contributed by atoms with Gasteiger partial charge in [-0.05, 0) is 36.0 Å². The van der Waals surface area contributed by atoms with Gasteiger partial charge in [-0.3, -0.25) is 0 Å². The number of carboxylic acid groups (broad SMARTS) is 1. The molecule has 2 aliphatic rings. The van der Waals surface area contributed by atoms with E-state index in [4.69, 9.17) is 4.98 Å². The Hall–Kier alpha value is -2.56. The van der Waals surface area contributed by atoms with E-state index < -0.39 is 5.97 Å². The van der Waals surface area contributed by atoms with Gasteiger partial charge in [-0.2, -0.15) is 0 Å². The van der Waals surface area contributed by atoms with Crippen LogP contribution in [-0.2, 0) is 24.3 Å². The number of imidazole rings is 1. The Morgan fingerprint density at radius 1 is 1.29 bits per heavy atom. The number of aryl methyl sites for hydroxylation is 1. The molecule has 0 radical (unpaired) electrons. The van der Waals surface area contributed by atoms with Gasteiger partial charge in [0.2, 0.25) is 0 Å². The predicted octanol–water partition coefficient (Wildman–Crippen LogP) is 5.02. The van der Waals surface area contributed by atoms with Crippen molar-refractivity contribution in [2.75, 3.05) is 0 Å². The molecule has 0 aromatic carbocycles. The molecule has 0 fully saturated rings. The molecule has 28 heavy (non-hydrogen) atoms. The molecule has 2 aromatic rings. The van der Waals surface area contributed by atoms with E-state index in [1.54, 1.807) is 6.08 Å². The molecule has 148 valence electrons. The largest absolute Gasteiger partial charge is 0.478 e. The number of rotatable bonds is 6. The van der Waals surface area contributed by atoms with Crippen LogP contribution in [0.2, 0.25) is 0 Å². The van der Waals surface area contributed by atoms with E-state index >= 15 is 0 Å². The van der Waals surface area contributed by atoms with Gasteiger partial charge in [0.25, 0.3) is 0 Å². The molecule has 0 bridgehead atoms.